The third-order valence-electron chi connectivity index (χ3n) is 5.46. The van der Waals surface area contributed by atoms with Gasteiger partial charge in [-0.05, 0) is 36.8 Å². The van der Waals surface area contributed by atoms with Crippen LogP contribution >= 0.6 is 0 Å². The molecule has 32 heavy (non-hydrogen) atoms. The van der Waals surface area contributed by atoms with Gasteiger partial charge in [-0.2, -0.15) is 13.2 Å². The van der Waals surface area contributed by atoms with Crippen molar-refractivity contribution >= 4 is 39.7 Å². The van der Waals surface area contributed by atoms with Crippen LogP contribution in [0.2, 0.25) is 0 Å². The van der Waals surface area contributed by atoms with Crippen LogP contribution in [0.3, 0.4) is 0 Å². The number of imidazole rings is 1. The van der Waals surface area contributed by atoms with Gasteiger partial charge in [-0.1, -0.05) is 18.2 Å². The van der Waals surface area contributed by atoms with Gasteiger partial charge in [0.05, 0.1) is 11.0 Å². The van der Waals surface area contributed by atoms with Crippen molar-refractivity contribution in [3.63, 3.8) is 0 Å². The fraction of sp³-hybridized carbons (Fsp3) is 0.227. The van der Waals surface area contributed by atoms with Gasteiger partial charge in [-0.3, -0.25) is 14.9 Å². The van der Waals surface area contributed by atoms with E-state index in [0.29, 0.717) is 29.8 Å². The van der Waals surface area contributed by atoms with Crippen molar-refractivity contribution in [1.29, 1.82) is 0 Å². The molecule has 0 saturated carbocycles. The molecule has 7 nitrogen and oxygen atoms in total. The number of nitrogens with zero attached hydrogens (tertiary/aromatic N) is 3. The van der Waals surface area contributed by atoms with Crippen LogP contribution in [-0.4, -0.2) is 38.7 Å². The Morgan fingerprint density at radius 1 is 1.12 bits per heavy atom. The van der Waals surface area contributed by atoms with Gasteiger partial charge in [0.15, 0.2) is 0 Å². The topological polar surface area (TPSA) is 81.0 Å². The largest absolute Gasteiger partial charge is 0.406 e. The lowest BCUT2D eigenvalue weighted by molar-refractivity contribution is -0.139. The SMILES string of the molecule is O=C(Nc1nc2ccccc2n1CC(F)(F)F)c1ccc2cc3n(c2c1)CCCNC3=O. The molecule has 164 valence electrons. The standard InChI is InChI=1S/C22H18F3N5O2/c23-22(24,25)12-30-16-5-2-1-4-15(16)27-21(30)28-19(31)14-7-6-13-10-18-20(32)26-8-3-9-29(18)17(13)11-14/h1-2,4-7,10-11H,3,8-9,12H2,(H,26,32)(H,27,28,31). The second-order valence-corrected chi connectivity index (χ2v) is 7.64. The van der Waals surface area contributed by atoms with Crippen LogP contribution < -0.4 is 10.6 Å². The van der Waals surface area contributed by atoms with Crippen LogP contribution in [0.25, 0.3) is 21.9 Å². The van der Waals surface area contributed by atoms with Crippen LogP contribution in [0.5, 0.6) is 0 Å². The maximum absolute atomic E-state index is 13.2. The summed E-state index contributed by atoms with van der Waals surface area (Å²) >= 11 is 0. The number of benzene rings is 2. The molecule has 2 N–H and O–H groups in total. The van der Waals surface area contributed by atoms with Gasteiger partial charge < -0.3 is 14.5 Å². The molecule has 4 aromatic rings. The number of nitrogens with one attached hydrogen (secondary N) is 2. The first-order valence-electron chi connectivity index (χ1n) is 10.0. The Morgan fingerprint density at radius 3 is 2.75 bits per heavy atom. The predicted octanol–water partition coefficient (Wildman–Crippen LogP) is 3.94. The summed E-state index contributed by atoms with van der Waals surface area (Å²) in [4.78, 5) is 29.4. The third-order valence-corrected chi connectivity index (χ3v) is 5.46. The second-order valence-electron chi connectivity index (χ2n) is 7.64. The van der Waals surface area contributed by atoms with Crippen LogP contribution in [0.1, 0.15) is 27.3 Å². The summed E-state index contributed by atoms with van der Waals surface area (Å²) in [7, 11) is 0. The molecule has 1 aliphatic rings. The summed E-state index contributed by atoms with van der Waals surface area (Å²) in [6.45, 7) is -0.0921. The van der Waals surface area contributed by atoms with Gasteiger partial charge in [-0.15, -0.1) is 0 Å². The number of hydrogen-bond donors (Lipinski definition) is 2. The number of aryl methyl sites for hydroxylation is 1. The number of amides is 2. The maximum atomic E-state index is 13.2. The zero-order chi connectivity index (χ0) is 22.5. The van der Waals surface area contributed by atoms with E-state index in [2.05, 4.69) is 15.6 Å². The fourth-order valence-corrected chi connectivity index (χ4v) is 4.04. The number of aromatic nitrogens is 3. The number of rotatable bonds is 3. The highest BCUT2D eigenvalue weighted by molar-refractivity contribution is 6.07. The van der Waals surface area contributed by atoms with E-state index in [9.17, 15) is 22.8 Å². The van der Waals surface area contributed by atoms with E-state index < -0.39 is 18.6 Å². The number of para-hydroxylation sites is 2. The van der Waals surface area contributed by atoms with Crippen molar-refractivity contribution in [2.75, 3.05) is 11.9 Å². The first-order chi connectivity index (χ1) is 15.3. The summed E-state index contributed by atoms with van der Waals surface area (Å²) in [6.07, 6.45) is -3.73. The molecule has 0 atom stereocenters. The van der Waals surface area contributed by atoms with Crippen molar-refractivity contribution in [3.05, 3.63) is 59.8 Å². The van der Waals surface area contributed by atoms with Crippen LogP contribution in [-0.2, 0) is 13.1 Å². The molecule has 0 aliphatic carbocycles. The molecular formula is C22H18F3N5O2. The number of carbonyl (C=O) groups excluding carboxylic acids is 2. The summed E-state index contributed by atoms with van der Waals surface area (Å²) in [6, 6.07) is 13.1. The zero-order valence-electron chi connectivity index (χ0n) is 16.7. The lowest BCUT2D eigenvalue weighted by atomic mass is 10.1. The van der Waals surface area contributed by atoms with E-state index in [1.54, 1.807) is 42.5 Å². The molecule has 0 radical (unpaired) electrons. The lowest BCUT2D eigenvalue weighted by Gasteiger charge is -2.12. The molecule has 0 fully saturated rings. The molecule has 0 bridgehead atoms. The Balaban J connectivity index is 1.51. The molecule has 1 aliphatic heterocycles. The number of carbonyl (C=O) groups is 2. The quantitative estimate of drug-likeness (QED) is 0.505. The summed E-state index contributed by atoms with van der Waals surface area (Å²) in [5.74, 6) is -0.938. The zero-order valence-corrected chi connectivity index (χ0v) is 16.7. The number of fused-ring (bicyclic) bond motifs is 4. The highest BCUT2D eigenvalue weighted by Crippen LogP contribution is 2.27. The third kappa shape index (κ3) is 3.57. The van der Waals surface area contributed by atoms with Gasteiger partial charge >= 0.3 is 6.18 Å². The minimum Gasteiger partial charge on any atom is -0.351 e. The van der Waals surface area contributed by atoms with E-state index in [4.69, 9.17) is 0 Å². The van der Waals surface area contributed by atoms with Crippen molar-refractivity contribution in [1.82, 2.24) is 19.4 Å². The monoisotopic (exact) mass is 441 g/mol. The molecule has 0 saturated heterocycles. The van der Waals surface area contributed by atoms with E-state index in [-0.39, 0.29) is 22.9 Å². The van der Waals surface area contributed by atoms with Crippen molar-refractivity contribution < 1.29 is 22.8 Å². The number of hydrogen-bond acceptors (Lipinski definition) is 3. The van der Waals surface area contributed by atoms with Crippen molar-refractivity contribution in [3.8, 4) is 0 Å². The smallest absolute Gasteiger partial charge is 0.351 e. The Hall–Kier alpha value is -3.82. The van der Waals surface area contributed by atoms with E-state index in [1.165, 1.54) is 6.07 Å². The Bertz CT molecular complexity index is 1370. The van der Waals surface area contributed by atoms with Crippen LogP contribution in [0, 0.1) is 0 Å². The number of anilines is 1. The van der Waals surface area contributed by atoms with Crippen molar-refractivity contribution in [2.45, 2.75) is 25.7 Å². The van der Waals surface area contributed by atoms with E-state index in [0.717, 1.165) is 16.4 Å². The fourth-order valence-electron chi connectivity index (χ4n) is 4.04. The van der Waals surface area contributed by atoms with Gasteiger partial charge in [0, 0.05) is 29.6 Å². The van der Waals surface area contributed by atoms with Crippen LogP contribution in [0.4, 0.5) is 19.1 Å². The molecular weight excluding hydrogens is 423 g/mol. The normalized spacial score (nSPS) is 14.3. The molecule has 2 amide bonds. The molecule has 10 heteroatoms. The highest BCUT2D eigenvalue weighted by atomic mass is 19.4. The molecule has 2 aromatic carbocycles. The average Bonchev–Trinajstić information content (AvgIpc) is 3.21. The first kappa shape index (κ1) is 20.1. The summed E-state index contributed by atoms with van der Waals surface area (Å²) in [5.41, 5.74) is 2.12. The van der Waals surface area contributed by atoms with Crippen molar-refractivity contribution in [2.24, 2.45) is 0 Å². The Morgan fingerprint density at radius 2 is 1.94 bits per heavy atom. The van der Waals surface area contributed by atoms with Gasteiger partial charge in [-0.25, -0.2) is 4.98 Å². The predicted molar refractivity (Wildman–Crippen MR) is 113 cm³/mol. The second kappa shape index (κ2) is 7.40. The lowest BCUT2D eigenvalue weighted by Crippen LogP contribution is -2.22. The summed E-state index contributed by atoms with van der Waals surface area (Å²) < 4.78 is 42.3. The van der Waals surface area contributed by atoms with Crippen LogP contribution in [0.15, 0.2) is 48.5 Å². The van der Waals surface area contributed by atoms with E-state index in [1.807, 2.05) is 4.57 Å². The summed E-state index contributed by atoms with van der Waals surface area (Å²) in [5, 5.41) is 6.15. The molecule has 0 spiro atoms. The molecule has 2 aromatic heterocycles. The average molecular weight is 441 g/mol. The van der Waals surface area contributed by atoms with Gasteiger partial charge in [0.25, 0.3) is 11.8 Å². The van der Waals surface area contributed by atoms with Gasteiger partial charge in [0.1, 0.15) is 12.2 Å². The highest BCUT2D eigenvalue weighted by Gasteiger charge is 2.31. The molecule has 0 unspecified atom stereocenters. The van der Waals surface area contributed by atoms with E-state index >= 15 is 0 Å². The van der Waals surface area contributed by atoms with Gasteiger partial charge in [0.2, 0.25) is 5.95 Å². The maximum Gasteiger partial charge on any atom is 0.406 e. The number of halogens is 3. The Labute approximate surface area is 179 Å². The minimum atomic E-state index is -4.48. The molecule has 3 heterocycles. The number of alkyl halides is 3. The Kier molecular flexibility index (Phi) is 4.65. The minimum absolute atomic E-state index is 0.175. The molecule has 5 rings (SSSR count). The first-order valence-corrected chi connectivity index (χ1v) is 10.0.